The van der Waals surface area contributed by atoms with Crippen molar-refractivity contribution in [3.63, 3.8) is 0 Å². The minimum Gasteiger partial charge on any atom is -0.383 e. The van der Waals surface area contributed by atoms with Gasteiger partial charge >= 0.3 is 0 Å². The summed E-state index contributed by atoms with van der Waals surface area (Å²) < 4.78 is 0. The summed E-state index contributed by atoms with van der Waals surface area (Å²) in [7, 11) is 0. The van der Waals surface area contributed by atoms with Crippen LogP contribution in [-0.2, 0) is 0 Å². The highest BCUT2D eigenvalue weighted by Crippen LogP contribution is 2.40. The van der Waals surface area contributed by atoms with E-state index in [1.807, 2.05) is 6.07 Å². The molecule has 0 amide bonds. The molecule has 3 unspecified atom stereocenters. The molecule has 1 fully saturated rings. The van der Waals surface area contributed by atoms with Gasteiger partial charge in [-0.05, 0) is 42.7 Å². The highest BCUT2D eigenvalue weighted by atomic mass is 35.5. The SMILES string of the molecule is CC1CCC(Cl)CC1c1cccnc1N. The third-order valence-electron chi connectivity index (χ3n) is 3.40. The van der Waals surface area contributed by atoms with Gasteiger partial charge in [0.15, 0.2) is 0 Å². The first kappa shape index (κ1) is 10.7. The molecule has 15 heavy (non-hydrogen) atoms. The second-order valence-electron chi connectivity index (χ2n) is 4.47. The topological polar surface area (TPSA) is 38.9 Å². The van der Waals surface area contributed by atoms with Crippen LogP contribution >= 0.6 is 11.6 Å². The van der Waals surface area contributed by atoms with Crippen LogP contribution in [0.15, 0.2) is 18.3 Å². The largest absolute Gasteiger partial charge is 0.383 e. The molecule has 0 aliphatic heterocycles. The number of hydrogen-bond donors (Lipinski definition) is 1. The Balaban J connectivity index is 2.25. The first-order valence-electron chi connectivity index (χ1n) is 5.53. The van der Waals surface area contributed by atoms with E-state index in [4.69, 9.17) is 17.3 Å². The number of anilines is 1. The number of hydrogen-bond acceptors (Lipinski definition) is 2. The van der Waals surface area contributed by atoms with Crippen LogP contribution in [0.4, 0.5) is 5.82 Å². The number of nitrogen functional groups attached to an aromatic ring is 1. The molecule has 3 heteroatoms. The normalized spacial score (nSPS) is 31.5. The fourth-order valence-electron chi connectivity index (χ4n) is 2.45. The molecule has 82 valence electrons. The van der Waals surface area contributed by atoms with E-state index in [0.717, 1.165) is 12.8 Å². The molecule has 1 saturated carbocycles. The Labute approximate surface area is 95.8 Å². The fraction of sp³-hybridized carbons (Fsp3) is 0.583. The number of rotatable bonds is 1. The number of halogens is 1. The summed E-state index contributed by atoms with van der Waals surface area (Å²) >= 11 is 6.22. The van der Waals surface area contributed by atoms with Crippen LogP contribution in [0.5, 0.6) is 0 Å². The molecule has 1 aliphatic carbocycles. The Kier molecular flexibility index (Phi) is 3.15. The van der Waals surface area contributed by atoms with Crippen LogP contribution in [0.2, 0.25) is 0 Å². The van der Waals surface area contributed by atoms with Crippen molar-refractivity contribution in [3.05, 3.63) is 23.9 Å². The van der Waals surface area contributed by atoms with Crippen molar-refractivity contribution in [2.45, 2.75) is 37.5 Å². The zero-order valence-corrected chi connectivity index (χ0v) is 9.74. The highest BCUT2D eigenvalue weighted by molar-refractivity contribution is 6.20. The molecule has 2 N–H and O–H groups in total. The van der Waals surface area contributed by atoms with Crippen molar-refractivity contribution in [3.8, 4) is 0 Å². The van der Waals surface area contributed by atoms with Crippen molar-refractivity contribution >= 4 is 17.4 Å². The standard InChI is InChI=1S/C12H17ClN2/c1-8-4-5-9(13)7-11(8)10-3-2-6-15-12(10)14/h2-3,6,8-9,11H,4-5,7H2,1H3,(H2,14,15). The Morgan fingerprint density at radius 3 is 3.00 bits per heavy atom. The summed E-state index contributed by atoms with van der Waals surface area (Å²) in [4.78, 5) is 4.15. The number of alkyl halides is 1. The maximum Gasteiger partial charge on any atom is 0.126 e. The van der Waals surface area contributed by atoms with Crippen LogP contribution < -0.4 is 5.73 Å². The Morgan fingerprint density at radius 2 is 2.27 bits per heavy atom. The lowest BCUT2D eigenvalue weighted by Crippen LogP contribution is -2.22. The van der Waals surface area contributed by atoms with Gasteiger partial charge in [-0.1, -0.05) is 13.0 Å². The predicted octanol–water partition coefficient (Wildman–Crippen LogP) is 3.17. The minimum absolute atomic E-state index is 0.297. The molecule has 1 aromatic rings. The van der Waals surface area contributed by atoms with Gasteiger partial charge in [-0.2, -0.15) is 0 Å². The monoisotopic (exact) mass is 224 g/mol. The quantitative estimate of drug-likeness (QED) is 0.745. The number of aromatic nitrogens is 1. The Bertz CT molecular complexity index is 340. The van der Waals surface area contributed by atoms with Crippen molar-refractivity contribution in [2.24, 2.45) is 5.92 Å². The lowest BCUT2D eigenvalue weighted by Gasteiger charge is -2.32. The summed E-state index contributed by atoms with van der Waals surface area (Å²) in [5.41, 5.74) is 7.08. The molecule has 3 atom stereocenters. The summed E-state index contributed by atoms with van der Waals surface area (Å²) in [5, 5.41) is 0.297. The zero-order valence-electron chi connectivity index (χ0n) is 8.99. The molecule has 1 heterocycles. The van der Waals surface area contributed by atoms with Gasteiger partial charge in [-0.25, -0.2) is 4.98 Å². The number of pyridine rings is 1. The van der Waals surface area contributed by atoms with E-state index in [0.29, 0.717) is 23.0 Å². The molecule has 1 aliphatic rings. The molecule has 1 aromatic heterocycles. The van der Waals surface area contributed by atoms with E-state index in [1.165, 1.54) is 12.0 Å². The first-order valence-corrected chi connectivity index (χ1v) is 5.96. The molecule has 0 radical (unpaired) electrons. The molecule has 0 saturated heterocycles. The lowest BCUT2D eigenvalue weighted by molar-refractivity contribution is 0.335. The maximum absolute atomic E-state index is 6.22. The fourth-order valence-corrected chi connectivity index (χ4v) is 2.77. The molecule has 0 bridgehead atoms. The second kappa shape index (κ2) is 4.40. The van der Waals surface area contributed by atoms with E-state index < -0.39 is 0 Å². The van der Waals surface area contributed by atoms with Gasteiger partial charge < -0.3 is 5.73 Å². The van der Waals surface area contributed by atoms with Crippen LogP contribution in [-0.4, -0.2) is 10.4 Å². The minimum atomic E-state index is 0.297. The zero-order chi connectivity index (χ0) is 10.8. The van der Waals surface area contributed by atoms with Gasteiger partial charge in [-0.15, -0.1) is 11.6 Å². The van der Waals surface area contributed by atoms with Crippen molar-refractivity contribution in [1.29, 1.82) is 0 Å². The van der Waals surface area contributed by atoms with E-state index in [9.17, 15) is 0 Å². The average molecular weight is 225 g/mol. The second-order valence-corrected chi connectivity index (χ2v) is 5.09. The Morgan fingerprint density at radius 1 is 1.47 bits per heavy atom. The van der Waals surface area contributed by atoms with Crippen molar-refractivity contribution in [2.75, 3.05) is 5.73 Å². The maximum atomic E-state index is 6.22. The summed E-state index contributed by atoms with van der Waals surface area (Å²) in [5.74, 6) is 1.81. The van der Waals surface area contributed by atoms with Crippen LogP contribution in [0, 0.1) is 5.92 Å². The van der Waals surface area contributed by atoms with Gasteiger partial charge in [0.25, 0.3) is 0 Å². The van der Waals surface area contributed by atoms with Gasteiger partial charge in [-0.3, -0.25) is 0 Å². The summed E-state index contributed by atoms with van der Waals surface area (Å²) in [6, 6.07) is 4.04. The molecule has 0 spiro atoms. The van der Waals surface area contributed by atoms with E-state index in [2.05, 4.69) is 18.0 Å². The molecular formula is C12H17ClN2. The van der Waals surface area contributed by atoms with Crippen LogP contribution in [0.25, 0.3) is 0 Å². The highest BCUT2D eigenvalue weighted by Gasteiger charge is 2.29. The molecular weight excluding hydrogens is 208 g/mol. The first-order chi connectivity index (χ1) is 7.18. The number of nitrogens with two attached hydrogens (primary N) is 1. The summed E-state index contributed by atoms with van der Waals surface area (Å²) in [6.45, 7) is 2.28. The van der Waals surface area contributed by atoms with Gasteiger partial charge in [0.1, 0.15) is 5.82 Å². The smallest absolute Gasteiger partial charge is 0.126 e. The van der Waals surface area contributed by atoms with Gasteiger partial charge in [0, 0.05) is 11.6 Å². The average Bonchev–Trinajstić information content (AvgIpc) is 2.23. The third-order valence-corrected chi connectivity index (χ3v) is 3.80. The molecule has 2 nitrogen and oxygen atoms in total. The lowest BCUT2D eigenvalue weighted by atomic mass is 9.76. The molecule has 0 aromatic carbocycles. The van der Waals surface area contributed by atoms with E-state index in [1.54, 1.807) is 6.20 Å². The third kappa shape index (κ3) is 2.25. The van der Waals surface area contributed by atoms with E-state index >= 15 is 0 Å². The van der Waals surface area contributed by atoms with Crippen molar-refractivity contribution in [1.82, 2.24) is 4.98 Å². The summed E-state index contributed by atoms with van der Waals surface area (Å²) in [6.07, 6.45) is 5.08. The van der Waals surface area contributed by atoms with Crippen LogP contribution in [0.3, 0.4) is 0 Å². The predicted molar refractivity (Wildman–Crippen MR) is 64.0 cm³/mol. The van der Waals surface area contributed by atoms with Crippen molar-refractivity contribution < 1.29 is 0 Å². The molecule has 2 rings (SSSR count). The number of nitrogens with zero attached hydrogens (tertiary/aromatic N) is 1. The van der Waals surface area contributed by atoms with Gasteiger partial charge in [0.2, 0.25) is 0 Å². The van der Waals surface area contributed by atoms with Crippen LogP contribution in [0.1, 0.15) is 37.7 Å². The van der Waals surface area contributed by atoms with E-state index in [-0.39, 0.29) is 0 Å². The van der Waals surface area contributed by atoms with Gasteiger partial charge in [0.05, 0.1) is 0 Å². The Hall–Kier alpha value is -0.760.